The van der Waals surface area contributed by atoms with Gasteiger partial charge in [0.05, 0.1) is 12.8 Å². The van der Waals surface area contributed by atoms with E-state index in [1.165, 1.54) is 6.39 Å². The van der Waals surface area contributed by atoms with E-state index in [9.17, 15) is 0 Å². The third-order valence-electron chi connectivity index (χ3n) is 1.84. The molecule has 2 N–H and O–H groups in total. The fraction of sp³-hybridized carbons (Fsp3) is 0.111. The third-order valence-corrected chi connectivity index (χ3v) is 1.84. The van der Waals surface area contributed by atoms with Crippen molar-refractivity contribution < 1.29 is 9.15 Å². The fourth-order valence-corrected chi connectivity index (χ4v) is 1.14. The van der Waals surface area contributed by atoms with E-state index in [-0.39, 0.29) is 0 Å². The summed E-state index contributed by atoms with van der Waals surface area (Å²) in [4.78, 5) is 0. The second-order valence-electron chi connectivity index (χ2n) is 2.70. The largest absolute Gasteiger partial charge is 0.495 e. The lowest BCUT2D eigenvalue weighted by Gasteiger charge is -2.04. The van der Waals surface area contributed by atoms with E-state index < -0.39 is 0 Å². The molecule has 2 rings (SSSR count). The van der Waals surface area contributed by atoms with Crippen LogP contribution in [-0.2, 0) is 0 Å². The van der Waals surface area contributed by atoms with Gasteiger partial charge in [-0.2, -0.15) is 0 Å². The molecule has 0 unspecified atom stereocenters. The zero-order chi connectivity index (χ0) is 9.97. The molecule has 14 heavy (non-hydrogen) atoms. The molecule has 0 radical (unpaired) electrons. The van der Waals surface area contributed by atoms with Gasteiger partial charge >= 0.3 is 0 Å². The Kier molecular flexibility index (Phi) is 2.06. The average molecular weight is 191 g/mol. The minimum Gasteiger partial charge on any atom is -0.495 e. The maximum absolute atomic E-state index is 5.66. The zero-order valence-corrected chi connectivity index (χ0v) is 7.60. The van der Waals surface area contributed by atoms with Crippen molar-refractivity contribution in [3.8, 4) is 17.2 Å². The standard InChI is InChI=1S/C9H9N3O2/c1-13-8-4-6(2-3-7(8)10)9-12-11-5-14-9/h2-5H,10H2,1H3. The number of nitrogens with zero attached hydrogens (tertiary/aromatic N) is 2. The molecule has 0 aliphatic carbocycles. The Labute approximate surface area is 80.5 Å². The first kappa shape index (κ1) is 8.55. The molecule has 5 heteroatoms. The third kappa shape index (κ3) is 1.39. The predicted molar refractivity (Wildman–Crippen MR) is 50.7 cm³/mol. The Balaban J connectivity index is 2.46. The monoisotopic (exact) mass is 191 g/mol. The van der Waals surface area contributed by atoms with Crippen LogP contribution in [0, 0.1) is 0 Å². The number of aromatic nitrogens is 2. The summed E-state index contributed by atoms with van der Waals surface area (Å²) in [5.74, 6) is 1.05. The van der Waals surface area contributed by atoms with E-state index in [0.717, 1.165) is 5.56 Å². The van der Waals surface area contributed by atoms with Crippen molar-refractivity contribution in [1.29, 1.82) is 0 Å². The molecule has 1 aromatic carbocycles. The van der Waals surface area contributed by atoms with Crippen molar-refractivity contribution >= 4 is 5.69 Å². The van der Waals surface area contributed by atoms with E-state index in [2.05, 4.69) is 10.2 Å². The smallest absolute Gasteiger partial charge is 0.247 e. The van der Waals surface area contributed by atoms with Crippen molar-refractivity contribution in [2.24, 2.45) is 0 Å². The number of nitrogen functional groups attached to an aromatic ring is 1. The first-order valence-electron chi connectivity index (χ1n) is 4.01. The van der Waals surface area contributed by atoms with Crippen LogP contribution in [0.1, 0.15) is 0 Å². The van der Waals surface area contributed by atoms with Crippen LogP contribution in [0.15, 0.2) is 29.0 Å². The minimum absolute atomic E-state index is 0.448. The minimum atomic E-state index is 0.448. The highest BCUT2D eigenvalue weighted by Gasteiger charge is 2.06. The van der Waals surface area contributed by atoms with Crippen LogP contribution >= 0.6 is 0 Å². The summed E-state index contributed by atoms with van der Waals surface area (Å²) in [6.07, 6.45) is 1.28. The summed E-state index contributed by atoms with van der Waals surface area (Å²) in [6, 6.07) is 5.28. The number of anilines is 1. The van der Waals surface area contributed by atoms with Gasteiger partial charge in [-0.05, 0) is 18.2 Å². The Morgan fingerprint density at radius 3 is 2.93 bits per heavy atom. The van der Waals surface area contributed by atoms with Gasteiger partial charge in [-0.15, -0.1) is 10.2 Å². The van der Waals surface area contributed by atoms with Crippen molar-refractivity contribution in [3.05, 3.63) is 24.6 Å². The van der Waals surface area contributed by atoms with Gasteiger partial charge in [-0.25, -0.2) is 0 Å². The van der Waals surface area contributed by atoms with E-state index in [0.29, 0.717) is 17.3 Å². The lowest BCUT2D eigenvalue weighted by Crippen LogP contribution is -1.92. The summed E-state index contributed by atoms with van der Waals surface area (Å²) in [7, 11) is 1.56. The molecule has 5 nitrogen and oxygen atoms in total. The first-order chi connectivity index (χ1) is 6.81. The molecule has 1 aromatic heterocycles. The second-order valence-corrected chi connectivity index (χ2v) is 2.70. The molecule has 0 amide bonds. The van der Waals surface area contributed by atoms with Gasteiger partial charge in [0.25, 0.3) is 0 Å². The average Bonchev–Trinajstić information content (AvgIpc) is 2.71. The maximum Gasteiger partial charge on any atom is 0.247 e. The molecule has 0 saturated heterocycles. The SMILES string of the molecule is COc1cc(-c2nnco2)ccc1N. The van der Waals surface area contributed by atoms with Gasteiger partial charge in [0.1, 0.15) is 5.75 Å². The van der Waals surface area contributed by atoms with E-state index in [4.69, 9.17) is 14.9 Å². The zero-order valence-electron chi connectivity index (χ0n) is 7.60. The highest BCUT2D eigenvalue weighted by molar-refractivity contribution is 5.64. The van der Waals surface area contributed by atoms with Crippen LogP contribution < -0.4 is 10.5 Å². The van der Waals surface area contributed by atoms with E-state index >= 15 is 0 Å². The maximum atomic E-state index is 5.66. The Morgan fingerprint density at radius 1 is 1.43 bits per heavy atom. The highest BCUT2D eigenvalue weighted by atomic mass is 16.5. The Bertz CT molecular complexity index is 426. The highest BCUT2D eigenvalue weighted by Crippen LogP contribution is 2.27. The van der Waals surface area contributed by atoms with Gasteiger partial charge in [-0.3, -0.25) is 0 Å². The number of methoxy groups -OCH3 is 1. The molecule has 0 aliphatic heterocycles. The van der Waals surface area contributed by atoms with Gasteiger partial charge < -0.3 is 14.9 Å². The molecular formula is C9H9N3O2. The summed E-state index contributed by atoms with van der Waals surface area (Å²) in [5, 5.41) is 7.37. The van der Waals surface area contributed by atoms with Crippen LogP contribution in [0.5, 0.6) is 5.75 Å². The lowest BCUT2D eigenvalue weighted by molar-refractivity contribution is 0.417. The van der Waals surface area contributed by atoms with Gasteiger partial charge in [0, 0.05) is 5.56 Å². The molecule has 0 bridgehead atoms. The van der Waals surface area contributed by atoms with Gasteiger partial charge in [0.2, 0.25) is 12.3 Å². The number of benzene rings is 1. The first-order valence-corrected chi connectivity index (χ1v) is 4.01. The predicted octanol–water partition coefficient (Wildman–Crippen LogP) is 1.33. The normalized spacial score (nSPS) is 10.1. The van der Waals surface area contributed by atoms with Crippen molar-refractivity contribution in [3.63, 3.8) is 0 Å². The number of hydrogen-bond donors (Lipinski definition) is 1. The number of nitrogens with two attached hydrogens (primary N) is 1. The van der Waals surface area contributed by atoms with Crippen LogP contribution in [0.25, 0.3) is 11.5 Å². The molecule has 0 atom stereocenters. The lowest BCUT2D eigenvalue weighted by atomic mass is 10.2. The number of rotatable bonds is 2. The molecule has 1 heterocycles. The van der Waals surface area contributed by atoms with Crippen molar-refractivity contribution in [2.75, 3.05) is 12.8 Å². The second kappa shape index (κ2) is 3.37. The van der Waals surface area contributed by atoms with Crippen LogP contribution in [0.2, 0.25) is 0 Å². The van der Waals surface area contributed by atoms with E-state index in [1.54, 1.807) is 25.3 Å². The topological polar surface area (TPSA) is 74.2 Å². The van der Waals surface area contributed by atoms with Crippen LogP contribution in [0.3, 0.4) is 0 Å². The summed E-state index contributed by atoms with van der Waals surface area (Å²) < 4.78 is 10.1. The molecule has 0 saturated carbocycles. The quantitative estimate of drug-likeness (QED) is 0.725. The fourth-order valence-electron chi connectivity index (χ4n) is 1.14. The molecule has 72 valence electrons. The summed E-state index contributed by atoms with van der Waals surface area (Å²) in [5.41, 5.74) is 7.03. The molecule has 0 aliphatic rings. The van der Waals surface area contributed by atoms with Crippen molar-refractivity contribution in [2.45, 2.75) is 0 Å². The Morgan fingerprint density at radius 2 is 2.29 bits per heavy atom. The Hall–Kier alpha value is -2.04. The van der Waals surface area contributed by atoms with E-state index in [1.807, 2.05) is 0 Å². The van der Waals surface area contributed by atoms with Crippen LogP contribution in [-0.4, -0.2) is 17.3 Å². The van der Waals surface area contributed by atoms with Crippen LogP contribution in [0.4, 0.5) is 5.69 Å². The van der Waals surface area contributed by atoms with Gasteiger partial charge in [0.15, 0.2) is 0 Å². The summed E-state index contributed by atoms with van der Waals surface area (Å²) >= 11 is 0. The molecule has 0 fully saturated rings. The van der Waals surface area contributed by atoms with Gasteiger partial charge in [-0.1, -0.05) is 0 Å². The molecule has 2 aromatic rings. The number of hydrogen-bond acceptors (Lipinski definition) is 5. The van der Waals surface area contributed by atoms with Crippen molar-refractivity contribution in [1.82, 2.24) is 10.2 Å². The summed E-state index contributed by atoms with van der Waals surface area (Å²) in [6.45, 7) is 0. The molecule has 0 spiro atoms. The number of ether oxygens (including phenoxy) is 1. The molecular weight excluding hydrogens is 182 g/mol.